The number of unbranched alkanes of at least 4 members (excludes halogenated alkanes) is 1. The third-order valence-corrected chi connectivity index (χ3v) is 5.24. The van der Waals surface area contributed by atoms with Gasteiger partial charge in [0.15, 0.2) is 0 Å². The van der Waals surface area contributed by atoms with Crippen LogP contribution in [0.3, 0.4) is 0 Å². The normalized spacial score (nSPS) is 10.5. The fraction of sp³-hybridized carbons (Fsp3) is 0.286. The minimum absolute atomic E-state index is 0.266. The second-order valence-corrected chi connectivity index (χ2v) is 8.16. The third kappa shape index (κ3) is 6.85. The van der Waals surface area contributed by atoms with Gasteiger partial charge in [-0.25, -0.2) is 4.79 Å². The van der Waals surface area contributed by atoms with Crippen molar-refractivity contribution in [3.63, 3.8) is 0 Å². The second-order valence-electron chi connectivity index (χ2n) is 8.16. The quantitative estimate of drug-likeness (QED) is 0.292. The van der Waals surface area contributed by atoms with Gasteiger partial charge < -0.3 is 19.5 Å². The molecule has 34 heavy (non-hydrogen) atoms. The van der Waals surface area contributed by atoms with E-state index in [0.29, 0.717) is 29.2 Å². The lowest BCUT2D eigenvalue weighted by molar-refractivity contribution is 0.0499. The molecule has 0 spiro atoms. The maximum absolute atomic E-state index is 12.8. The van der Waals surface area contributed by atoms with Gasteiger partial charge in [0.05, 0.1) is 19.3 Å². The highest BCUT2D eigenvalue weighted by molar-refractivity contribution is 6.04. The number of hydrogen-bond acceptors (Lipinski definition) is 5. The molecule has 3 aromatic rings. The largest absolute Gasteiger partial charge is 0.496 e. The van der Waals surface area contributed by atoms with E-state index in [0.717, 1.165) is 35.3 Å². The molecule has 6 heteroatoms. The van der Waals surface area contributed by atoms with Gasteiger partial charge in [0.1, 0.15) is 18.1 Å². The molecule has 6 nitrogen and oxygen atoms in total. The molecule has 0 aromatic heterocycles. The molecular formula is C28H31NO5. The van der Waals surface area contributed by atoms with Crippen molar-refractivity contribution in [2.75, 3.05) is 19.0 Å². The zero-order valence-electron chi connectivity index (χ0n) is 20.1. The van der Waals surface area contributed by atoms with Crippen LogP contribution in [0.1, 0.15) is 57.2 Å². The van der Waals surface area contributed by atoms with Crippen LogP contribution in [-0.2, 0) is 11.3 Å². The molecule has 0 radical (unpaired) electrons. The summed E-state index contributed by atoms with van der Waals surface area (Å²) < 4.78 is 16.6. The summed E-state index contributed by atoms with van der Waals surface area (Å²) in [5, 5.41) is 2.86. The van der Waals surface area contributed by atoms with Gasteiger partial charge in [0.25, 0.3) is 5.91 Å². The zero-order chi connectivity index (χ0) is 24.5. The molecule has 0 unspecified atom stereocenters. The van der Waals surface area contributed by atoms with Gasteiger partial charge in [-0.15, -0.1) is 0 Å². The molecular weight excluding hydrogens is 430 g/mol. The van der Waals surface area contributed by atoms with Crippen LogP contribution in [0.15, 0.2) is 60.7 Å². The first kappa shape index (κ1) is 24.8. The van der Waals surface area contributed by atoms with E-state index in [9.17, 15) is 9.59 Å². The van der Waals surface area contributed by atoms with E-state index >= 15 is 0 Å². The highest BCUT2D eigenvalue weighted by atomic mass is 16.5. The molecule has 0 saturated heterocycles. The first-order valence-corrected chi connectivity index (χ1v) is 11.4. The van der Waals surface area contributed by atoms with Crippen molar-refractivity contribution in [1.82, 2.24) is 0 Å². The highest BCUT2D eigenvalue weighted by Crippen LogP contribution is 2.24. The van der Waals surface area contributed by atoms with Gasteiger partial charge in [-0.3, -0.25) is 4.79 Å². The topological polar surface area (TPSA) is 73.9 Å². The fourth-order valence-corrected chi connectivity index (χ4v) is 3.50. The molecule has 3 rings (SSSR count). The number of carbonyl (C=O) groups is 2. The average molecular weight is 462 g/mol. The van der Waals surface area contributed by atoms with E-state index in [-0.39, 0.29) is 18.5 Å². The van der Waals surface area contributed by atoms with E-state index in [2.05, 4.69) is 11.4 Å². The minimum Gasteiger partial charge on any atom is -0.496 e. The average Bonchev–Trinajstić information content (AvgIpc) is 2.82. The molecule has 0 atom stereocenters. The summed E-state index contributed by atoms with van der Waals surface area (Å²) in [6, 6.07) is 17.9. The minimum atomic E-state index is -0.366. The van der Waals surface area contributed by atoms with Crippen LogP contribution in [0.4, 0.5) is 5.69 Å². The van der Waals surface area contributed by atoms with Crippen LogP contribution in [-0.4, -0.2) is 25.6 Å². The number of aryl methyl sites for hydroxylation is 2. The number of esters is 1. The molecule has 0 heterocycles. The second kappa shape index (κ2) is 11.9. The van der Waals surface area contributed by atoms with Gasteiger partial charge >= 0.3 is 5.97 Å². The lowest BCUT2D eigenvalue weighted by Gasteiger charge is -2.13. The summed E-state index contributed by atoms with van der Waals surface area (Å²) in [5.41, 5.74) is 4.51. The Hall–Kier alpha value is -3.80. The van der Waals surface area contributed by atoms with Crippen molar-refractivity contribution < 1.29 is 23.8 Å². The molecule has 1 amide bonds. The Morgan fingerprint density at radius 1 is 0.882 bits per heavy atom. The maximum Gasteiger partial charge on any atom is 0.338 e. The zero-order valence-corrected chi connectivity index (χ0v) is 20.1. The van der Waals surface area contributed by atoms with Crippen LogP contribution < -0.4 is 14.8 Å². The van der Waals surface area contributed by atoms with E-state index in [1.165, 1.54) is 0 Å². The van der Waals surface area contributed by atoms with Gasteiger partial charge in [0, 0.05) is 16.8 Å². The Morgan fingerprint density at radius 3 is 2.21 bits per heavy atom. The van der Waals surface area contributed by atoms with Crippen molar-refractivity contribution >= 4 is 17.6 Å². The molecule has 3 aromatic carbocycles. The van der Waals surface area contributed by atoms with Gasteiger partial charge in [-0.05, 0) is 86.0 Å². The van der Waals surface area contributed by atoms with Crippen LogP contribution in [0.25, 0.3) is 0 Å². The number of carbonyl (C=O) groups excluding carboxylic acids is 2. The molecule has 0 fully saturated rings. The van der Waals surface area contributed by atoms with Crippen molar-refractivity contribution in [2.24, 2.45) is 0 Å². The summed E-state index contributed by atoms with van der Waals surface area (Å²) in [4.78, 5) is 24.9. The first-order valence-electron chi connectivity index (χ1n) is 11.4. The highest BCUT2D eigenvalue weighted by Gasteiger charge is 2.13. The Bertz CT molecular complexity index is 1120. The number of amides is 1. The summed E-state index contributed by atoms with van der Waals surface area (Å²) in [6.07, 6.45) is 1.79. The molecule has 0 aliphatic rings. The van der Waals surface area contributed by atoms with E-state index < -0.39 is 0 Å². The summed E-state index contributed by atoms with van der Waals surface area (Å²) in [6.45, 7) is 6.75. The molecule has 0 aliphatic carbocycles. The molecule has 178 valence electrons. The number of methoxy groups -OCH3 is 1. The van der Waals surface area contributed by atoms with Crippen LogP contribution >= 0.6 is 0 Å². The van der Waals surface area contributed by atoms with Crippen molar-refractivity contribution in [3.05, 3.63) is 88.5 Å². The lowest BCUT2D eigenvalue weighted by atomic mass is 10.1. The van der Waals surface area contributed by atoms with Crippen molar-refractivity contribution in [1.29, 1.82) is 0 Å². The van der Waals surface area contributed by atoms with Crippen molar-refractivity contribution in [2.45, 2.75) is 40.2 Å². The van der Waals surface area contributed by atoms with E-state index in [4.69, 9.17) is 14.2 Å². The van der Waals surface area contributed by atoms with Crippen molar-refractivity contribution in [3.8, 4) is 11.5 Å². The van der Waals surface area contributed by atoms with Gasteiger partial charge in [-0.1, -0.05) is 19.4 Å². The Kier molecular flexibility index (Phi) is 8.68. The van der Waals surface area contributed by atoms with E-state index in [1.807, 2.05) is 32.9 Å². The summed E-state index contributed by atoms with van der Waals surface area (Å²) in [7, 11) is 1.59. The fourth-order valence-electron chi connectivity index (χ4n) is 3.50. The van der Waals surface area contributed by atoms with Gasteiger partial charge in [0.2, 0.25) is 0 Å². The molecule has 0 bridgehead atoms. The van der Waals surface area contributed by atoms with Gasteiger partial charge in [-0.2, -0.15) is 0 Å². The number of nitrogens with one attached hydrogen (secondary N) is 1. The Balaban J connectivity index is 1.67. The molecule has 0 aliphatic heterocycles. The monoisotopic (exact) mass is 461 g/mol. The van der Waals surface area contributed by atoms with Crippen LogP contribution in [0.2, 0.25) is 0 Å². The summed E-state index contributed by atoms with van der Waals surface area (Å²) in [5.74, 6) is 0.776. The predicted molar refractivity (Wildman–Crippen MR) is 133 cm³/mol. The third-order valence-electron chi connectivity index (χ3n) is 5.24. The van der Waals surface area contributed by atoms with Crippen LogP contribution in [0, 0.1) is 13.8 Å². The lowest BCUT2D eigenvalue weighted by Crippen LogP contribution is -2.13. The number of ether oxygens (including phenoxy) is 3. The molecule has 1 N–H and O–H groups in total. The maximum atomic E-state index is 12.8. The number of benzene rings is 3. The summed E-state index contributed by atoms with van der Waals surface area (Å²) >= 11 is 0. The number of anilines is 1. The molecule has 0 saturated carbocycles. The SMILES string of the molecule is CCCCOC(=O)c1ccc(NC(=O)c2ccc(OC)c(COc3cc(C)cc(C)c3)c2)cc1. The smallest absolute Gasteiger partial charge is 0.338 e. The van der Waals surface area contributed by atoms with Crippen LogP contribution in [0.5, 0.6) is 11.5 Å². The number of rotatable bonds is 10. The van der Waals surface area contributed by atoms with E-state index in [1.54, 1.807) is 49.6 Å². The number of hydrogen-bond donors (Lipinski definition) is 1. The Morgan fingerprint density at radius 2 is 1.56 bits per heavy atom. The first-order chi connectivity index (χ1) is 16.4. The standard InChI is InChI=1S/C28H31NO5/c1-5-6-13-33-28(31)21-7-10-24(11-8-21)29-27(30)22-9-12-26(32-4)23(17-22)18-34-25-15-19(2)14-20(3)16-25/h7-12,14-17H,5-6,13,18H2,1-4H3,(H,29,30). The predicted octanol–water partition coefficient (Wildman–Crippen LogP) is 6.10. The Labute approximate surface area is 200 Å².